The molecule has 0 unspecified atom stereocenters. The maximum Gasteiger partial charge on any atom is 0.182 e. The van der Waals surface area contributed by atoms with E-state index in [1.165, 1.54) is 13.2 Å². The first-order valence-electron chi connectivity index (χ1n) is 5.85. The molecule has 3 rings (SSSR count). The highest BCUT2D eigenvalue weighted by Gasteiger charge is 2.10. The molecular weight excluding hydrogens is 256 g/mol. The number of ether oxygens (including phenoxy) is 1. The van der Waals surface area contributed by atoms with Gasteiger partial charge < -0.3 is 9.84 Å². The minimum absolute atomic E-state index is 0.0618. The summed E-state index contributed by atoms with van der Waals surface area (Å²) in [4.78, 5) is 4.37. The van der Waals surface area contributed by atoms with Gasteiger partial charge in [-0.1, -0.05) is 0 Å². The average Bonchev–Trinajstić information content (AvgIpc) is 2.90. The lowest BCUT2D eigenvalue weighted by atomic mass is 10.2. The van der Waals surface area contributed by atoms with Crippen molar-refractivity contribution in [3.63, 3.8) is 0 Å². The van der Waals surface area contributed by atoms with Crippen LogP contribution in [0, 0.1) is 11.3 Å². The van der Waals surface area contributed by atoms with Crippen molar-refractivity contribution in [2.75, 3.05) is 7.11 Å². The maximum absolute atomic E-state index is 9.58. The molecule has 0 aliphatic heterocycles. The Morgan fingerprint density at radius 3 is 2.90 bits per heavy atom. The minimum Gasteiger partial charge on any atom is -0.504 e. The first kappa shape index (κ1) is 12.0. The summed E-state index contributed by atoms with van der Waals surface area (Å²) in [5, 5.41) is 22.8. The van der Waals surface area contributed by atoms with Gasteiger partial charge in [0.1, 0.15) is 6.07 Å². The number of pyridine rings is 1. The highest BCUT2D eigenvalue weighted by atomic mass is 16.5. The summed E-state index contributed by atoms with van der Waals surface area (Å²) >= 11 is 0. The first-order chi connectivity index (χ1) is 9.71. The molecule has 6 nitrogen and oxygen atoms in total. The van der Waals surface area contributed by atoms with Crippen LogP contribution >= 0.6 is 0 Å². The van der Waals surface area contributed by atoms with Crippen LogP contribution in [0.1, 0.15) is 5.56 Å². The Labute approximate surface area is 114 Å². The van der Waals surface area contributed by atoms with Gasteiger partial charge in [0.2, 0.25) is 0 Å². The lowest BCUT2D eigenvalue weighted by molar-refractivity contribution is 0.373. The predicted molar refractivity (Wildman–Crippen MR) is 71.4 cm³/mol. The first-order valence-corrected chi connectivity index (χ1v) is 5.85. The monoisotopic (exact) mass is 266 g/mol. The summed E-state index contributed by atoms with van der Waals surface area (Å²) in [6.45, 7) is 0. The van der Waals surface area contributed by atoms with Crippen LogP contribution in [0.3, 0.4) is 0 Å². The van der Waals surface area contributed by atoms with Gasteiger partial charge in [0.15, 0.2) is 23.0 Å². The highest BCUT2D eigenvalue weighted by molar-refractivity contribution is 5.62. The van der Waals surface area contributed by atoms with Gasteiger partial charge in [0.05, 0.1) is 12.7 Å². The Morgan fingerprint density at radius 1 is 1.30 bits per heavy atom. The largest absolute Gasteiger partial charge is 0.504 e. The number of nitrogens with zero attached hydrogens (tertiary/aromatic N) is 4. The standard InChI is InChI=1S/C14H10N4O2/c1-20-12-6-10(3-4-11(12)19)14-16-13-5-2-9(7-15)8-18(13)17-14/h2-6,8,19H,1H3. The van der Waals surface area contributed by atoms with Crippen molar-refractivity contribution < 1.29 is 9.84 Å². The Balaban J connectivity index is 2.12. The lowest BCUT2D eigenvalue weighted by Crippen LogP contribution is -1.89. The number of nitriles is 1. The van der Waals surface area contributed by atoms with Crippen molar-refractivity contribution in [3.8, 4) is 29.0 Å². The fourth-order valence-electron chi connectivity index (χ4n) is 1.89. The number of phenolic OH excluding ortho intramolecular Hbond substituents is 1. The zero-order chi connectivity index (χ0) is 14.1. The maximum atomic E-state index is 9.58. The second-order valence-corrected chi connectivity index (χ2v) is 4.15. The number of aromatic nitrogens is 3. The van der Waals surface area contributed by atoms with Crippen molar-refractivity contribution in [1.29, 1.82) is 5.26 Å². The Kier molecular flexibility index (Phi) is 2.73. The minimum atomic E-state index is 0.0618. The normalized spacial score (nSPS) is 10.4. The quantitative estimate of drug-likeness (QED) is 0.766. The van der Waals surface area contributed by atoms with Gasteiger partial charge in [-0.25, -0.2) is 9.50 Å². The Bertz CT molecular complexity index is 833. The van der Waals surface area contributed by atoms with Crippen LogP contribution in [0.2, 0.25) is 0 Å². The summed E-state index contributed by atoms with van der Waals surface area (Å²) < 4.78 is 6.61. The van der Waals surface area contributed by atoms with Gasteiger partial charge in [-0.15, -0.1) is 5.10 Å². The van der Waals surface area contributed by atoms with Gasteiger partial charge in [0, 0.05) is 11.8 Å². The number of hydrogen-bond donors (Lipinski definition) is 1. The van der Waals surface area contributed by atoms with Crippen LogP contribution in [0.4, 0.5) is 0 Å². The summed E-state index contributed by atoms with van der Waals surface area (Å²) in [6, 6.07) is 10.4. The van der Waals surface area contributed by atoms with E-state index in [9.17, 15) is 5.11 Å². The molecule has 98 valence electrons. The van der Waals surface area contributed by atoms with E-state index in [1.54, 1.807) is 35.0 Å². The smallest absolute Gasteiger partial charge is 0.182 e. The van der Waals surface area contributed by atoms with E-state index in [1.807, 2.05) is 0 Å². The molecule has 0 fully saturated rings. The molecule has 0 radical (unpaired) electrons. The number of phenols is 1. The van der Waals surface area contributed by atoms with Crippen LogP contribution in [-0.4, -0.2) is 26.8 Å². The third-order valence-corrected chi connectivity index (χ3v) is 2.90. The molecule has 0 spiro atoms. The van der Waals surface area contributed by atoms with E-state index in [0.717, 1.165) is 5.56 Å². The Hall–Kier alpha value is -3.07. The van der Waals surface area contributed by atoms with Crippen molar-refractivity contribution >= 4 is 5.65 Å². The molecule has 6 heteroatoms. The SMILES string of the molecule is COc1cc(-c2nc3ccc(C#N)cn3n2)ccc1O. The van der Waals surface area contributed by atoms with Crippen LogP contribution in [0.25, 0.3) is 17.0 Å². The van der Waals surface area contributed by atoms with Crippen molar-refractivity contribution in [2.45, 2.75) is 0 Å². The number of rotatable bonds is 2. The summed E-state index contributed by atoms with van der Waals surface area (Å²) in [7, 11) is 1.48. The number of aromatic hydroxyl groups is 1. The number of methoxy groups -OCH3 is 1. The van der Waals surface area contributed by atoms with Gasteiger partial charge in [-0.2, -0.15) is 5.26 Å². The lowest BCUT2D eigenvalue weighted by Gasteiger charge is -2.03. The third kappa shape index (κ3) is 1.91. The molecule has 0 aliphatic rings. The molecule has 0 aliphatic carbocycles. The van der Waals surface area contributed by atoms with Gasteiger partial charge >= 0.3 is 0 Å². The van der Waals surface area contributed by atoms with Crippen molar-refractivity contribution in [2.24, 2.45) is 0 Å². The van der Waals surface area contributed by atoms with E-state index in [-0.39, 0.29) is 5.75 Å². The zero-order valence-electron chi connectivity index (χ0n) is 10.6. The van der Waals surface area contributed by atoms with Crippen LogP contribution < -0.4 is 4.74 Å². The Morgan fingerprint density at radius 2 is 2.15 bits per heavy atom. The fourth-order valence-corrected chi connectivity index (χ4v) is 1.89. The van der Waals surface area contributed by atoms with Gasteiger partial charge in [0.25, 0.3) is 0 Å². The van der Waals surface area contributed by atoms with Gasteiger partial charge in [-0.05, 0) is 30.3 Å². The van der Waals surface area contributed by atoms with Crippen molar-refractivity contribution in [1.82, 2.24) is 14.6 Å². The molecule has 0 atom stereocenters. The average molecular weight is 266 g/mol. The third-order valence-electron chi connectivity index (χ3n) is 2.90. The molecule has 0 amide bonds. The topological polar surface area (TPSA) is 83.4 Å². The highest BCUT2D eigenvalue weighted by Crippen LogP contribution is 2.30. The molecule has 0 saturated heterocycles. The van der Waals surface area contributed by atoms with Gasteiger partial charge in [-0.3, -0.25) is 0 Å². The molecule has 2 heterocycles. The molecule has 3 aromatic rings. The second-order valence-electron chi connectivity index (χ2n) is 4.15. The molecule has 1 N–H and O–H groups in total. The van der Waals surface area contributed by atoms with E-state index in [0.29, 0.717) is 22.8 Å². The van der Waals surface area contributed by atoms with E-state index < -0.39 is 0 Å². The molecule has 1 aromatic carbocycles. The zero-order valence-corrected chi connectivity index (χ0v) is 10.6. The number of fused-ring (bicyclic) bond motifs is 1. The number of hydrogen-bond acceptors (Lipinski definition) is 5. The van der Waals surface area contributed by atoms with E-state index in [4.69, 9.17) is 10.00 Å². The molecule has 0 bridgehead atoms. The molecular formula is C14H10N4O2. The molecule has 0 saturated carbocycles. The van der Waals surface area contributed by atoms with Crippen LogP contribution in [0.5, 0.6) is 11.5 Å². The molecule has 2 aromatic heterocycles. The van der Waals surface area contributed by atoms with E-state index in [2.05, 4.69) is 16.2 Å². The molecule has 20 heavy (non-hydrogen) atoms. The fraction of sp³-hybridized carbons (Fsp3) is 0.0714. The number of benzene rings is 1. The summed E-state index contributed by atoms with van der Waals surface area (Å²) in [5.41, 5.74) is 1.88. The summed E-state index contributed by atoms with van der Waals surface area (Å²) in [5.74, 6) is 0.921. The van der Waals surface area contributed by atoms with E-state index >= 15 is 0 Å². The second kappa shape index (κ2) is 4.55. The van der Waals surface area contributed by atoms with Crippen LogP contribution in [0.15, 0.2) is 36.5 Å². The van der Waals surface area contributed by atoms with Crippen LogP contribution in [-0.2, 0) is 0 Å². The summed E-state index contributed by atoms with van der Waals surface area (Å²) in [6.07, 6.45) is 1.61. The van der Waals surface area contributed by atoms with Crippen molar-refractivity contribution in [3.05, 3.63) is 42.1 Å². The predicted octanol–water partition coefficient (Wildman–Crippen LogP) is 1.98.